The number of hydrogen-bond acceptors (Lipinski definition) is 4. The molecule has 7 heteroatoms. The van der Waals surface area contributed by atoms with Gasteiger partial charge in [0.2, 0.25) is 11.8 Å². The summed E-state index contributed by atoms with van der Waals surface area (Å²) in [5, 5.41) is 0. The molecule has 2 aromatic rings. The fraction of sp³-hybridized carbons (Fsp3) is 0.522. The van der Waals surface area contributed by atoms with Crippen LogP contribution >= 0.6 is 0 Å². The average molecular weight is 413 g/mol. The summed E-state index contributed by atoms with van der Waals surface area (Å²) in [7, 11) is 0. The Balaban J connectivity index is 1.35. The minimum atomic E-state index is -0.258. The number of rotatable bonds is 5. The number of amides is 2. The van der Waals surface area contributed by atoms with Crippen LogP contribution in [0.3, 0.4) is 0 Å². The molecule has 1 aromatic carbocycles. The van der Waals surface area contributed by atoms with Crippen LogP contribution in [0.1, 0.15) is 61.7 Å². The Morgan fingerprint density at radius 3 is 2.80 bits per heavy atom. The van der Waals surface area contributed by atoms with Crippen molar-refractivity contribution in [1.82, 2.24) is 14.8 Å². The summed E-state index contributed by atoms with van der Waals surface area (Å²) in [5.74, 6) is 1.28. The Labute approximate surface area is 176 Å². The quantitative estimate of drug-likeness (QED) is 0.752. The molecular formula is C23H28FN3O3. The van der Waals surface area contributed by atoms with Crippen LogP contribution in [-0.2, 0) is 16.0 Å². The molecule has 2 fully saturated rings. The number of carbonyl (C=O) groups is 2. The minimum Gasteiger partial charge on any atom is -0.445 e. The average Bonchev–Trinajstić information content (AvgIpc) is 3.13. The van der Waals surface area contributed by atoms with Crippen LogP contribution in [-0.4, -0.2) is 52.8 Å². The molecule has 160 valence electrons. The van der Waals surface area contributed by atoms with Crippen molar-refractivity contribution in [2.24, 2.45) is 0 Å². The van der Waals surface area contributed by atoms with Gasteiger partial charge >= 0.3 is 0 Å². The van der Waals surface area contributed by atoms with E-state index in [0.29, 0.717) is 38.4 Å². The molecule has 4 rings (SSSR count). The molecule has 0 spiro atoms. The summed E-state index contributed by atoms with van der Waals surface area (Å²) >= 11 is 0. The predicted molar refractivity (Wildman–Crippen MR) is 109 cm³/mol. The second kappa shape index (κ2) is 9.41. The smallest absolute Gasteiger partial charge is 0.242 e. The number of oxazole rings is 1. The number of aromatic nitrogens is 1. The zero-order valence-corrected chi connectivity index (χ0v) is 17.2. The maximum absolute atomic E-state index is 13.1. The van der Waals surface area contributed by atoms with Crippen LogP contribution in [0.5, 0.6) is 0 Å². The monoisotopic (exact) mass is 413 g/mol. The molecule has 0 bridgehead atoms. The lowest BCUT2D eigenvalue weighted by atomic mass is 9.98. The molecule has 2 aliphatic heterocycles. The lowest BCUT2D eigenvalue weighted by molar-refractivity contribution is -0.141. The fourth-order valence-corrected chi connectivity index (χ4v) is 4.27. The van der Waals surface area contributed by atoms with Crippen molar-refractivity contribution in [1.29, 1.82) is 0 Å². The largest absolute Gasteiger partial charge is 0.445 e. The zero-order valence-electron chi connectivity index (χ0n) is 17.2. The maximum atomic E-state index is 13.1. The Kier molecular flexibility index (Phi) is 6.45. The van der Waals surface area contributed by atoms with E-state index in [9.17, 15) is 14.0 Å². The van der Waals surface area contributed by atoms with Crippen molar-refractivity contribution < 1.29 is 18.4 Å². The van der Waals surface area contributed by atoms with E-state index >= 15 is 0 Å². The lowest BCUT2D eigenvalue weighted by Gasteiger charge is -2.33. The molecule has 1 unspecified atom stereocenters. The maximum Gasteiger partial charge on any atom is 0.242 e. The highest BCUT2D eigenvalue weighted by atomic mass is 19.1. The molecule has 0 N–H and O–H groups in total. The molecule has 30 heavy (non-hydrogen) atoms. The second-order valence-electron chi connectivity index (χ2n) is 8.27. The van der Waals surface area contributed by atoms with Crippen LogP contribution in [0, 0.1) is 5.82 Å². The van der Waals surface area contributed by atoms with E-state index in [1.807, 2.05) is 4.90 Å². The van der Waals surface area contributed by atoms with Crippen molar-refractivity contribution in [3.05, 3.63) is 53.5 Å². The topological polar surface area (TPSA) is 66.7 Å². The van der Waals surface area contributed by atoms with Crippen molar-refractivity contribution in [2.75, 3.05) is 26.2 Å². The number of likely N-dealkylation sites (tertiary alicyclic amines) is 2. The van der Waals surface area contributed by atoms with Gasteiger partial charge in [-0.3, -0.25) is 9.59 Å². The van der Waals surface area contributed by atoms with E-state index in [-0.39, 0.29) is 30.1 Å². The number of nitrogens with zero attached hydrogens (tertiary/aromatic N) is 3. The molecular weight excluding hydrogens is 385 g/mol. The van der Waals surface area contributed by atoms with Gasteiger partial charge in [0, 0.05) is 32.5 Å². The summed E-state index contributed by atoms with van der Waals surface area (Å²) in [4.78, 5) is 33.0. The van der Waals surface area contributed by atoms with Gasteiger partial charge in [-0.15, -0.1) is 0 Å². The molecule has 2 amide bonds. The standard InChI is InChI=1S/C23H28FN3O3/c24-19-9-7-17(8-10-19)13-20-14-25-23(30-20)18-5-4-12-26(15-18)22(29)16-27-11-3-1-2-6-21(27)28/h7-10,14,18H,1-6,11-13,15-16H2. The van der Waals surface area contributed by atoms with Gasteiger partial charge in [-0.1, -0.05) is 18.6 Å². The van der Waals surface area contributed by atoms with Crippen molar-refractivity contribution in [3.8, 4) is 0 Å². The van der Waals surface area contributed by atoms with Crippen LogP contribution in [0.2, 0.25) is 0 Å². The summed E-state index contributed by atoms with van der Waals surface area (Å²) in [6.45, 7) is 2.12. The van der Waals surface area contributed by atoms with Crippen LogP contribution in [0.15, 0.2) is 34.9 Å². The zero-order chi connectivity index (χ0) is 20.9. The Hall–Kier alpha value is -2.70. The Morgan fingerprint density at radius 2 is 1.97 bits per heavy atom. The Morgan fingerprint density at radius 1 is 1.13 bits per heavy atom. The first kappa shape index (κ1) is 20.6. The number of piperidine rings is 1. The first-order valence-corrected chi connectivity index (χ1v) is 10.8. The van der Waals surface area contributed by atoms with E-state index < -0.39 is 0 Å². The SMILES string of the molecule is O=C1CCCCCN1CC(=O)N1CCCC(c2ncc(Cc3ccc(F)cc3)o2)C1. The predicted octanol–water partition coefficient (Wildman–Crippen LogP) is 3.51. The van der Waals surface area contributed by atoms with Crippen LogP contribution < -0.4 is 0 Å². The lowest BCUT2D eigenvalue weighted by Crippen LogP contribution is -2.46. The highest BCUT2D eigenvalue weighted by molar-refractivity contribution is 5.85. The summed E-state index contributed by atoms with van der Waals surface area (Å²) < 4.78 is 19.0. The third kappa shape index (κ3) is 5.07. The summed E-state index contributed by atoms with van der Waals surface area (Å²) in [6, 6.07) is 6.35. The highest BCUT2D eigenvalue weighted by Crippen LogP contribution is 2.27. The van der Waals surface area contributed by atoms with E-state index in [2.05, 4.69) is 4.98 Å². The third-order valence-corrected chi connectivity index (χ3v) is 5.98. The molecule has 3 heterocycles. The van der Waals surface area contributed by atoms with E-state index in [1.54, 1.807) is 23.2 Å². The summed E-state index contributed by atoms with van der Waals surface area (Å²) in [5.41, 5.74) is 0.960. The number of benzene rings is 1. The molecule has 1 aromatic heterocycles. The number of carbonyl (C=O) groups excluding carboxylic acids is 2. The first-order chi connectivity index (χ1) is 14.6. The highest BCUT2D eigenvalue weighted by Gasteiger charge is 2.29. The van der Waals surface area contributed by atoms with E-state index in [4.69, 9.17) is 4.42 Å². The van der Waals surface area contributed by atoms with Crippen molar-refractivity contribution in [3.63, 3.8) is 0 Å². The van der Waals surface area contributed by atoms with E-state index in [1.165, 1.54) is 12.1 Å². The first-order valence-electron chi connectivity index (χ1n) is 10.8. The molecule has 2 saturated heterocycles. The van der Waals surface area contributed by atoms with Crippen LogP contribution in [0.4, 0.5) is 4.39 Å². The van der Waals surface area contributed by atoms with E-state index in [0.717, 1.165) is 43.4 Å². The fourth-order valence-electron chi connectivity index (χ4n) is 4.27. The molecule has 1 atom stereocenters. The third-order valence-electron chi connectivity index (χ3n) is 5.98. The van der Waals surface area contributed by atoms with Crippen LogP contribution in [0.25, 0.3) is 0 Å². The molecule has 0 aliphatic carbocycles. The number of halogens is 1. The van der Waals surface area contributed by atoms with Crippen molar-refractivity contribution >= 4 is 11.8 Å². The van der Waals surface area contributed by atoms with Gasteiger partial charge in [-0.25, -0.2) is 9.37 Å². The molecule has 2 aliphatic rings. The number of hydrogen-bond donors (Lipinski definition) is 0. The Bertz CT molecular complexity index is 880. The van der Waals surface area contributed by atoms with Crippen molar-refractivity contribution in [2.45, 2.75) is 50.9 Å². The van der Waals surface area contributed by atoms with Gasteiger partial charge in [0.1, 0.15) is 11.6 Å². The van der Waals surface area contributed by atoms with Gasteiger partial charge in [0.25, 0.3) is 0 Å². The van der Waals surface area contributed by atoms with Gasteiger partial charge in [0.15, 0.2) is 5.89 Å². The minimum absolute atomic E-state index is 0.00745. The summed E-state index contributed by atoms with van der Waals surface area (Å²) in [6.07, 6.45) is 7.56. The normalized spacial score (nSPS) is 20.3. The van der Waals surface area contributed by atoms with Gasteiger partial charge in [-0.05, 0) is 43.4 Å². The molecule has 0 radical (unpaired) electrons. The van der Waals surface area contributed by atoms with Gasteiger partial charge in [0.05, 0.1) is 18.7 Å². The molecule has 6 nitrogen and oxygen atoms in total. The van der Waals surface area contributed by atoms with Gasteiger partial charge < -0.3 is 14.2 Å². The van der Waals surface area contributed by atoms with Gasteiger partial charge in [-0.2, -0.15) is 0 Å². The molecule has 0 saturated carbocycles. The second-order valence-corrected chi connectivity index (χ2v) is 8.27.